The number of terminal acetylenes is 1. The highest BCUT2D eigenvalue weighted by molar-refractivity contribution is 5.31. The Morgan fingerprint density at radius 2 is 2.13 bits per heavy atom. The van der Waals surface area contributed by atoms with Crippen LogP contribution in [0.4, 0.5) is 0 Å². The third-order valence-electron chi connectivity index (χ3n) is 2.54. The maximum Gasteiger partial charge on any atom is 0.0793 e. The van der Waals surface area contributed by atoms with E-state index in [2.05, 4.69) is 12.8 Å². The molecule has 1 atom stereocenters. The first-order valence-corrected chi connectivity index (χ1v) is 5.49. The van der Waals surface area contributed by atoms with Crippen molar-refractivity contribution in [3.05, 3.63) is 35.4 Å². The Kier molecular flexibility index (Phi) is 4.93. The van der Waals surface area contributed by atoms with Crippen LogP contribution in [0.1, 0.15) is 43.4 Å². The summed E-state index contributed by atoms with van der Waals surface area (Å²) < 4.78 is 0. The molecule has 1 N–H and O–H groups in total. The zero-order chi connectivity index (χ0) is 11.1. The Labute approximate surface area is 92.1 Å². The van der Waals surface area contributed by atoms with Crippen LogP contribution in [0.2, 0.25) is 0 Å². The Hall–Kier alpha value is -1.26. The van der Waals surface area contributed by atoms with Crippen molar-refractivity contribution in [2.75, 3.05) is 0 Å². The van der Waals surface area contributed by atoms with Gasteiger partial charge in [-0.25, -0.2) is 0 Å². The lowest BCUT2D eigenvalue weighted by molar-refractivity contribution is 0.163. The van der Waals surface area contributed by atoms with Crippen molar-refractivity contribution in [3.8, 4) is 12.3 Å². The van der Waals surface area contributed by atoms with Gasteiger partial charge in [-0.2, -0.15) is 0 Å². The highest BCUT2D eigenvalue weighted by atomic mass is 16.3. The molecule has 1 nitrogen and oxygen atoms in total. The largest absolute Gasteiger partial charge is 0.388 e. The van der Waals surface area contributed by atoms with E-state index >= 15 is 0 Å². The summed E-state index contributed by atoms with van der Waals surface area (Å²) >= 11 is 0. The van der Waals surface area contributed by atoms with Gasteiger partial charge in [-0.15, -0.1) is 12.3 Å². The number of unbranched alkanes of at least 4 members (excludes halogenated alkanes) is 1. The molecule has 15 heavy (non-hydrogen) atoms. The molecular formula is C14H18O. The summed E-state index contributed by atoms with van der Waals surface area (Å²) in [6, 6.07) is 7.87. The smallest absolute Gasteiger partial charge is 0.0793 e. The van der Waals surface area contributed by atoms with Crippen molar-refractivity contribution in [1.29, 1.82) is 0 Å². The summed E-state index contributed by atoms with van der Waals surface area (Å²) in [6.45, 7) is 2.13. The first kappa shape index (κ1) is 11.8. The lowest BCUT2D eigenvalue weighted by atomic mass is 9.97. The number of benzene rings is 1. The second-order valence-electron chi connectivity index (χ2n) is 3.74. The van der Waals surface area contributed by atoms with Crippen LogP contribution in [0.25, 0.3) is 0 Å². The maximum absolute atomic E-state index is 9.99. The molecule has 0 saturated carbocycles. The fourth-order valence-corrected chi connectivity index (χ4v) is 1.68. The molecule has 1 rings (SSSR count). The average Bonchev–Trinajstić information content (AvgIpc) is 2.27. The van der Waals surface area contributed by atoms with Gasteiger partial charge < -0.3 is 5.11 Å². The molecule has 0 saturated heterocycles. The molecule has 1 unspecified atom stereocenters. The minimum Gasteiger partial charge on any atom is -0.388 e. The van der Waals surface area contributed by atoms with E-state index in [-0.39, 0.29) is 6.10 Å². The standard InChI is InChI=1S/C14H18O/c1-3-5-11-14(15)13-10-7-6-9-12(13)8-4-2/h2,6-7,9-10,14-15H,3,5,8,11H2,1H3. The van der Waals surface area contributed by atoms with E-state index < -0.39 is 0 Å². The van der Waals surface area contributed by atoms with Gasteiger partial charge in [-0.05, 0) is 17.5 Å². The fraction of sp³-hybridized carbons (Fsp3) is 0.429. The summed E-state index contributed by atoms with van der Waals surface area (Å²) in [5.41, 5.74) is 2.06. The lowest BCUT2D eigenvalue weighted by Gasteiger charge is -2.13. The number of rotatable bonds is 5. The minimum absolute atomic E-state index is 0.366. The Bertz CT molecular complexity index is 335. The third kappa shape index (κ3) is 3.42. The van der Waals surface area contributed by atoms with Gasteiger partial charge in [0, 0.05) is 6.42 Å². The second kappa shape index (κ2) is 6.27. The van der Waals surface area contributed by atoms with Crippen molar-refractivity contribution >= 4 is 0 Å². The van der Waals surface area contributed by atoms with Gasteiger partial charge in [0.25, 0.3) is 0 Å². The monoisotopic (exact) mass is 202 g/mol. The van der Waals surface area contributed by atoms with Crippen LogP contribution in [-0.4, -0.2) is 5.11 Å². The Morgan fingerprint density at radius 3 is 2.80 bits per heavy atom. The summed E-state index contributed by atoms with van der Waals surface area (Å²) in [7, 11) is 0. The van der Waals surface area contributed by atoms with Crippen LogP contribution in [0.5, 0.6) is 0 Å². The quantitative estimate of drug-likeness (QED) is 0.727. The van der Waals surface area contributed by atoms with Gasteiger partial charge in [-0.1, -0.05) is 44.0 Å². The Balaban J connectivity index is 2.78. The summed E-state index contributed by atoms with van der Waals surface area (Å²) in [5, 5.41) is 9.99. The van der Waals surface area contributed by atoms with E-state index in [0.717, 1.165) is 30.4 Å². The number of aliphatic hydroxyl groups excluding tert-OH is 1. The molecule has 0 heterocycles. The van der Waals surface area contributed by atoms with Gasteiger partial charge in [0.2, 0.25) is 0 Å². The normalized spacial score (nSPS) is 12.1. The zero-order valence-corrected chi connectivity index (χ0v) is 9.24. The van der Waals surface area contributed by atoms with Gasteiger partial charge in [0.1, 0.15) is 0 Å². The highest BCUT2D eigenvalue weighted by Gasteiger charge is 2.10. The molecule has 1 heteroatoms. The van der Waals surface area contributed by atoms with E-state index in [1.54, 1.807) is 0 Å². The van der Waals surface area contributed by atoms with Crippen LogP contribution in [0, 0.1) is 12.3 Å². The SMILES string of the molecule is C#CCc1ccccc1C(O)CCCC. The van der Waals surface area contributed by atoms with E-state index in [1.165, 1.54) is 0 Å². The molecule has 0 bridgehead atoms. The van der Waals surface area contributed by atoms with Crippen molar-refractivity contribution in [1.82, 2.24) is 0 Å². The number of aliphatic hydroxyl groups is 1. The summed E-state index contributed by atoms with van der Waals surface area (Å²) in [4.78, 5) is 0. The van der Waals surface area contributed by atoms with E-state index in [0.29, 0.717) is 6.42 Å². The molecule has 0 amide bonds. The molecule has 80 valence electrons. The van der Waals surface area contributed by atoms with E-state index in [4.69, 9.17) is 6.42 Å². The summed E-state index contributed by atoms with van der Waals surface area (Å²) in [6.07, 6.45) is 8.50. The molecule has 0 aromatic heterocycles. The average molecular weight is 202 g/mol. The number of hydrogen-bond donors (Lipinski definition) is 1. The van der Waals surface area contributed by atoms with Gasteiger partial charge >= 0.3 is 0 Å². The van der Waals surface area contributed by atoms with Gasteiger partial charge in [-0.3, -0.25) is 0 Å². The van der Waals surface area contributed by atoms with Crippen molar-refractivity contribution in [2.45, 2.75) is 38.7 Å². The highest BCUT2D eigenvalue weighted by Crippen LogP contribution is 2.22. The molecule has 0 radical (unpaired) electrons. The fourth-order valence-electron chi connectivity index (χ4n) is 1.68. The van der Waals surface area contributed by atoms with Crippen LogP contribution in [0.15, 0.2) is 24.3 Å². The molecule has 0 aliphatic heterocycles. The van der Waals surface area contributed by atoms with E-state index in [1.807, 2.05) is 24.3 Å². The predicted octanol–water partition coefficient (Wildman–Crippen LogP) is 3.09. The molecule has 1 aromatic carbocycles. The predicted molar refractivity (Wildman–Crippen MR) is 63.5 cm³/mol. The van der Waals surface area contributed by atoms with Crippen LogP contribution in [-0.2, 0) is 6.42 Å². The van der Waals surface area contributed by atoms with Crippen LogP contribution < -0.4 is 0 Å². The summed E-state index contributed by atoms with van der Waals surface area (Å²) in [5.74, 6) is 2.62. The van der Waals surface area contributed by atoms with E-state index in [9.17, 15) is 5.11 Å². The van der Waals surface area contributed by atoms with Crippen LogP contribution in [0.3, 0.4) is 0 Å². The van der Waals surface area contributed by atoms with Gasteiger partial charge in [0.05, 0.1) is 6.10 Å². The molecule has 0 aliphatic carbocycles. The topological polar surface area (TPSA) is 20.2 Å². The molecule has 0 spiro atoms. The first-order valence-electron chi connectivity index (χ1n) is 5.49. The van der Waals surface area contributed by atoms with Crippen molar-refractivity contribution in [2.24, 2.45) is 0 Å². The molecule has 0 fully saturated rings. The van der Waals surface area contributed by atoms with Crippen molar-refractivity contribution < 1.29 is 5.11 Å². The minimum atomic E-state index is -0.366. The Morgan fingerprint density at radius 1 is 1.40 bits per heavy atom. The second-order valence-corrected chi connectivity index (χ2v) is 3.74. The third-order valence-corrected chi connectivity index (χ3v) is 2.54. The van der Waals surface area contributed by atoms with Crippen molar-refractivity contribution in [3.63, 3.8) is 0 Å². The zero-order valence-electron chi connectivity index (χ0n) is 9.24. The maximum atomic E-state index is 9.99. The van der Waals surface area contributed by atoms with Crippen LogP contribution >= 0.6 is 0 Å². The first-order chi connectivity index (χ1) is 7.29. The van der Waals surface area contributed by atoms with Gasteiger partial charge in [0.15, 0.2) is 0 Å². The molecular weight excluding hydrogens is 184 g/mol. The number of hydrogen-bond acceptors (Lipinski definition) is 1. The molecule has 1 aromatic rings. The lowest BCUT2D eigenvalue weighted by Crippen LogP contribution is -2.01. The molecule has 0 aliphatic rings.